The van der Waals surface area contributed by atoms with Gasteiger partial charge in [-0.1, -0.05) is 0 Å². The second-order valence-corrected chi connectivity index (χ2v) is 4.65. The second kappa shape index (κ2) is 5.36. The molecule has 1 fully saturated rings. The molecule has 1 aliphatic rings. The molecule has 17 heavy (non-hydrogen) atoms. The molecule has 2 unspecified atom stereocenters. The quantitative estimate of drug-likeness (QED) is 0.665. The maximum atomic E-state index is 11.6. The van der Waals surface area contributed by atoms with Crippen LogP contribution in [0.4, 0.5) is 5.82 Å². The normalized spacial score (nSPS) is 23.4. The molecule has 0 saturated heterocycles. The number of rotatable bonds is 3. The molecule has 1 saturated carbocycles. The summed E-state index contributed by atoms with van der Waals surface area (Å²) in [5, 5.41) is 3.33. The van der Waals surface area contributed by atoms with Crippen molar-refractivity contribution in [3.05, 3.63) is 23.9 Å². The van der Waals surface area contributed by atoms with Gasteiger partial charge in [-0.15, -0.1) is 11.6 Å². The molecule has 1 aliphatic carbocycles. The van der Waals surface area contributed by atoms with Gasteiger partial charge in [0.05, 0.1) is 12.5 Å². The lowest BCUT2D eigenvalue weighted by atomic mass is 10.2. The smallest absolute Gasteiger partial charge is 0.341 e. The number of carbonyl (C=O) groups excluding carboxylic acids is 1. The Balaban J connectivity index is 2.17. The molecule has 0 bridgehead atoms. The summed E-state index contributed by atoms with van der Waals surface area (Å²) in [6.45, 7) is 0. The summed E-state index contributed by atoms with van der Waals surface area (Å²) in [5.41, 5.74) is 0.450. The Hall–Kier alpha value is -1.29. The van der Waals surface area contributed by atoms with Gasteiger partial charge >= 0.3 is 5.97 Å². The molecule has 1 heterocycles. The van der Waals surface area contributed by atoms with E-state index in [2.05, 4.69) is 10.3 Å². The molecule has 92 valence electrons. The molecule has 0 spiro atoms. The molecule has 1 aromatic rings. The van der Waals surface area contributed by atoms with Gasteiger partial charge < -0.3 is 10.1 Å². The van der Waals surface area contributed by atoms with E-state index in [0.29, 0.717) is 11.4 Å². The number of pyridine rings is 1. The summed E-state index contributed by atoms with van der Waals surface area (Å²) in [6.07, 6.45) is 4.75. The van der Waals surface area contributed by atoms with Crippen LogP contribution in [0.3, 0.4) is 0 Å². The number of carbonyl (C=O) groups is 1. The van der Waals surface area contributed by atoms with Gasteiger partial charge in [-0.3, -0.25) is 0 Å². The molecule has 1 aromatic heterocycles. The number of esters is 1. The summed E-state index contributed by atoms with van der Waals surface area (Å²) in [7, 11) is 1.36. The first-order chi connectivity index (χ1) is 8.22. The van der Waals surface area contributed by atoms with Crippen LogP contribution >= 0.6 is 11.6 Å². The third-order valence-corrected chi connectivity index (χ3v) is 3.49. The van der Waals surface area contributed by atoms with E-state index in [-0.39, 0.29) is 17.4 Å². The van der Waals surface area contributed by atoms with E-state index in [1.54, 1.807) is 18.3 Å². The number of halogens is 1. The first kappa shape index (κ1) is 12.2. The Kier molecular flexibility index (Phi) is 3.84. The lowest BCUT2D eigenvalue weighted by Gasteiger charge is -2.17. The van der Waals surface area contributed by atoms with E-state index in [0.717, 1.165) is 19.3 Å². The van der Waals surface area contributed by atoms with Gasteiger partial charge in [0, 0.05) is 12.2 Å². The Bertz CT molecular complexity index is 411. The fourth-order valence-electron chi connectivity index (χ4n) is 2.05. The SMILES string of the molecule is COC(=O)c1cccnc1NC1CCCC1Cl. The minimum absolute atomic E-state index is 0.0995. The van der Waals surface area contributed by atoms with Gasteiger partial charge in [-0.2, -0.15) is 0 Å². The lowest BCUT2D eigenvalue weighted by molar-refractivity contribution is 0.0601. The van der Waals surface area contributed by atoms with E-state index in [1.807, 2.05) is 0 Å². The van der Waals surface area contributed by atoms with Crippen LogP contribution in [0.1, 0.15) is 29.6 Å². The molecular weight excluding hydrogens is 240 g/mol. The van der Waals surface area contributed by atoms with Crippen molar-refractivity contribution in [2.24, 2.45) is 0 Å². The van der Waals surface area contributed by atoms with Crippen molar-refractivity contribution in [1.29, 1.82) is 0 Å². The van der Waals surface area contributed by atoms with Gasteiger partial charge in [0.2, 0.25) is 0 Å². The number of alkyl halides is 1. The standard InChI is InChI=1S/C12H15ClN2O2/c1-17-12(16)8-4-3-7-14-11(8)15-10-6-2-5-9(10)13/h3-4,7,9-10H,2,5-6H2,1H3,(H,14,15). The maximum absolute atomic E-state index is 11.6. The Labute approximate surface area is 105 Å². The number of hydrogen-bond donors (Lipinski definition) is 1. The molecule has 1 N–H and O–H groups in total. The van der Waals surface area contributed by atoms with Crippen molar-refractivity contribution in [3.63, 3.8) is 0 Å². The van der Waals surface area contributed by atoms with Crippen LogP contribution in [-0.4, -0.2) is 29.5 Å². The average molecular weight is 255 g/mol. The highest BCUT2D eigenvalue weighted by Gasteiger charge is 2.26. The fourth-order valence-corrected chi connectivity index (χ4v) is 2.39. The number of methoxy groups -OCH3 is 1. The van der Waals surface area contributed by atoms with Crippen LogP contribution < -0.4 is 5.32 Å². The first-order valence-electron chi connectivity index (χ1n) is 5.66. The van der Waals surface area contributed by atoms with Crippen molar-refractivity contribution >= 4 is 23.4 Å². The van der Waals surface area contributed by atoms with Crippen molar-refractivity contribution in [2.75, 3.05) is 12.4 Å². The highest BCUT2D eigenvalue weighted by atomic mass is 35.5. The van der Waals surface area contributed by atoms with Gasteiger partial charge in [0.1, 0.15) is 11.4 Å². The molecule has 5 heteroatoms. The van der Waals surface area contributed by atoms with E-state index >= 15 is 0 Å². The Morgan fingerprint density at radius 1 is 1.59 bits per heavy atom. The van der Waals surface area contributed by atoms with E-state index < -0.39 is 0 Å². The monoisotopic (exact) mass is 254 g/mol. The molecule has 2 rings (SSSR count). The zero-order valence-electron chi connectivity index (χ0n) is 9.65. The molecule has 2 atom stereocenters. The van der Waals surface area contributed by atoms with Crippen LogP contribution in [0.2, 0.25) is 0 Å². The first-order valence-corrected chi connectivity index (χ1v) is 6.10. The number of ether oxygens (including phenoxy) is 1. The van der Waals surface area contributed by atoms with E-state index in [4.69, 9.17) is 16.3 Å². The molecule has 4 nitrogen and oxygen atoms in total. The largest absolute Gasteiger partial charge is 0.465 e. The summed E-state index contributed by atoms with van der Waals surface area (Å²) < 4.78 is 4.72. The summed E-state index contributed by atoms with van der Waals surface area (Å²) in [4.78, 5) is 15.7. The third-order valence-electron chi connectivity index (χ3n) is 2.97. The van der Waals surface area contributed by atoms with E-state index in [1.165, 1.54) is 7.11 Å². The topological polar surface area (TPSA) is 51.2 Å². The van der Waals surface area contributed by atoms with Crippen LogP contribution in [0.5, 0.6) is 0 Å². The maximum Gasteiger partial charge on any atom is 0.341 e. The fraction of sp³-hybridized carbons (Fsp3) is 0.500. The van der Waals surface area contributed by atoms with Gasteiger partial charge in [-0.25, -0.2) is 9.78 Å². The van der Waals surface area contributed by atoms with Gasteiger partial charge in [0.15, 0.2) is 0 Å². The number of anilines is 1. The van der Waals surface area contributed by atoms with Gasteiger partial charge in [0.25, 0.3) is 0 Å². The zero-order chi connectivity index (χ0) is 12.3. The average Bonchev–Trinajstić information content (AvgIpc) is 2.75. The predicted octanol–water partition coefficient (Wildman–Crippen LogP) is 2.44. The minimum atomic E-state index is -0.385. The summed E-state index contributed by atoms with van der Waals surface area (Å²) in [6, 6.07) is 3.58. The minimum Gasteiger partial charge on any atom is -0.465 e. The predicted molar refractivity (Wildman–Crippen MR) is 66.5 cm³/mol. The lowest BCUT2D eigenvalue weighted by Crippen LogP contribution is -2.26. The second-order valence-electron chi connectivity index (χ2n) is 4.09. The van der Waals surface area contributed by atoms with Crippen molar-refractivity contribution < 1.29 is 9.53 Å². The molecule has 0 amide bonds. The number of nitrogens with zero attached hydrogens (tertiary/aromatic N) is 1. The van der Waals surface area contributed by atoms with Crippen molar-refractivity contribution in [1.82, 2.24) is 4.98 Å². The summed E-state index contributed by atoms with van der Waals surface area (Å²) in [5.74, 6) is 0.168. The Morgan fingerprint density at radius 2 is 2.41 bits per heavy atom. The van der Waals surface area contributed by atoms with Crippen LogP contribution in [0.25, 0.3) is 0 Å². The number of aromatic nitrogens is 1. The van der Waals surface area contributed by atoms with Crippen molar-refractivity contribution in [3.8, 4) is 0 Å². The number of nitrogens with one attached hydrogen (secondary N) is 1. The molecular formula is C12H15ClN2O2. The van der Waals surface area contributed by atoms with E-state index in [9.17, 15) is 4.79 Å². The number of hydrogen-bond acceptors (Lipinski definition) is 4. The van der Waals surface area contributed by atoms with Crippen LogP contribution in [0, 0.1) is 0 Å². The van der Waals surface area contributed by atoms with Gasteiger partial charge in [-0.05, 0) is 31.4 Å². The van der Waals surface area contributed by atoms with Crippen LogP contribution in [0.15, 0.2) is 18.3 Å². The van der Waals surface area contributed by atoms with Crippen molar-refractivity contribution in [2.45, 2.75) is 30.7 Å². The molecule has 0 aliphatic heterocycles. The van der Waals surface area contributed by atoms with Crippen LogP contribution in [-0.2, 0) is 4.74 Å². The highest BCUT2D eigenvalue weighted by Crippen LogP contribution is 2.27. The zero-order valence-corrected chi connectivity index (χ0v) is 10.4. The molecule has 0 radical (unpaired) electrons. The highest BCUT2D eigenvalue weighted by molar-refractivity contribution is 6.21. The summed E-state index contributed by atoms with van der Waals surface area (Å²) >= 11 is 6.19. The third kappa shape index (κ3) is 2.69. The molecule has 0 aromatic carbocycles. The Morgan fingerprint density at radius 3 is 3.06 bits per heavy atom.